The smallest absolute Gasteiger partial charge is 0.242 e. The Labute approximate surface area is 174 Å². The standard InChI is InChI=1S/C24H32N2O3/c1-17-9-7-10-19(13-17)15-22(27)26(18(2)23(28)25-24(3,4)5)16-20-11-8-12-21(14-20)29-6/h7-14,18H,15-16H2,1-6H3,(H,25,28)/t18-/m0/s1. The third-order valence-electron chi connectivity index (χ3n) is 4.59. The van der Waals surface area contributed by atoms with Gasteiger partial charge in [-0.1, -0.05) is 42.0 Å². The van der Waals surface area contributed by atoms with Crippen molar-refractivity contribution in [1.82, 2.24) is 10.2 Å². The monoisotopic (exact) mass is 396 g/mol. The Balaban J connectivity index is 2.27. The van der Waals surface area contributed by atoms with E-state index in [1.54, 1.807) is 18.9 Å². The zero-order valence-electron chi connectivity index (χ0n) is 18.3. The third kappa shape index (κ3) is 6.93. The summed E-state index contributed by atoms with van der Waals surface area (Å²) < 4.78 is 5.30. The number of carbonyl (C=O) groups is 2. The van der Waals surface area contributed by atoms with Gasteiger partial charge < -0.3 is 15.0 Å². The van der Waals surface area contributed by atoms with Crippen LogP contribution in [0.4, 0.5) is 0 Å². The molecule has 0 aromatic heterocycles. The average molecular weight is 397 g/mol. The molecule has 2 aromatic rings. The molecule has 0 spiro atoms. The highest BCUT2D eigenvalue weighted by molar-refractivity contribution is 5.88. The van der Waals surface area contributed by atoms with Crippen molar-refractivity contribution in [2.24, 2.45) is 0 Å². The summed E-state index contributed by atoms with van der Waals surface area (Å²) in [5, 5.41) is 2.98. The van der Waals surface area contributed by atoms with E-state index in [0.717, 1.165) is 22.4 Å². The van der Waals surface area contributed by atoms with Crippen molar-refractivity contribution in [3.63, 3.8) is 0 Å². The molecule has 0 aliphatic carbocycles. The van der Waals surface area contributed by atoms with E-state index in [9.17, 15) is 9.59 Å². The van der Waals surface area contributed by atoms with Crippen LogP contribution in [0.3, 0.4) is 0 Å². The summed E-state index contributed by atoms with van der Waals surface area (Å²) in [5.74, 6) is 0.466. The van der Waals surface area contributed by atoms with Crippen LogP contribution in [0.15, 0.2) is 48.5 Å². The fourth-order valence-electron chi connectivity index (χ4n) is 3.12. The lowest BCUT2D eigenvalue weighted by Gasteiger charge is -2.31. The molecule has 2 rings (SSSR count). The molecular formula is C24H32N2O3. The number of nitrogens with zero attached hydrogens (tertiary/aromatic N) is 1. The maximum absolute atomic E-state index is 13.2. The van der Waals surface area contributed by atoms with Crippen LogP contribution in [-0.2, 0) is 22.6 Å². The molecule has 0 bridgehead atoms. The molecule has 2 amide bonds. The molecule has 5 nitrogen and oxygen atoms in total. The molecule has 0 heterocycles. The molecule has 0 saturated carbocycles. The van der Waals surface area contributed by atoms with Crippen molar-refractivity contribution < 1.29 is 14.3 Å². The van der Waals surface area contributed by atoms with E-state index in [1.165, 1.54) is 0 Å². The lowest BCUT2D eigenvalue weighted by atomic mass is 10.1. The fourth-order valence-corrected chi connectivity index (χ4v) is 3.12. The highest BCUT2D eigenvalue weighted by Gasteiger charge is 2.28. The average Bonchev–Trinajstić information content (AvgIpc) is 2.64. The minimum Gasteiger partial charge on any atom is -0.497 e. The van der Waals surface area contributed by atoms with Crippen LogP contribution in [0, 0.1) is 6.92 Å². The number of methoxy groups -OCH3 is 1. The quantitative estimate of drug-likeness (QED) is 0.773. The van der Waals surface area contributed by atoms with Crippen LogP contribution in [0.5, 0.6) is 5.75 Å². The summed E-state index contributed by atoms with van der Waals surface area (Å²) in [4.78, 5) is 27.6. The lowest BCUT2D eigenvalue weighted by Crippen LogP contribution is -2.52. The van der Waals surface area contributed by atoms with Gasteiger partial charge in [0.2, 0.25) is 11.8 Å². The molecule has 0 fully saturated rings. The molecule has 0 unspecified atom stereocenters. The first-order valence-electron chi connectivity index (χ1n) is 9.89. The van der Waals surface area contributed by atoms with E-state index in [0.29, 0.717) is 6.54 Å². The molecule has 29 heavy (non-hydrogen) atoms. The Bertz CT molecular complexity index is 855. The van der Waals surface area contributed by atoms with E-state index >= 15 is 0 Å². The van der Waals surface area contributed by atoms with Gasteiger partial charge in [-0.3, -0.25) is 9.59 Å². The van der Waals surface area contributed by atoms with Crippen molar-refractivity contribution in [2.45, 2.75) is 59.2 Å². The number of rotatable bonds is 7. The molecular weight excluding hydrogens is 364 g/mol. The summed E-state index contributed by atoms with van der Waals surface area (Å²) in [5.41, 5.74) is 2.59. The van der Waals surface area contributed by atoms with Gasteiger partial charge in [0.1, 0.15) is 11.8 Å². The van der Waals surface area contributed by atoms with Gasteiger partial charge in [-0.15, -0.1) is 0 Å². The number of hydrogen-bond acceptors (Lipinski definition) is 3. The lowest BCUT2D eigenvalue weighted by molar-refractivity contribution is -0.140. The minimum absolute atomic E-state index is 0.0880. The van der Waals surface area contributed by atoms with Gasteiger partial charge in [-0.25, -0.2) is 0 Å². The number of benzene rings is 2. The van der Waals surface area contributed by atoms with Crippen LogP contribution in [-0.4, -0.2) is 35.4 Å². The van der Waals surface area contributed by atoms with Gasteiger partial charge in [0.15, 0.2) is 0 Å². The van der Waals surface area contributed by atoms with E-state index < -0.39 is 6.04 Å². The van der Waals surface area contributed by atoms with Gasteiger partial charge in [0, 0.05) is 12.1 Å². The normalized spacial score (nSPS) is 12.2. The number of ether oxygens (including phenoxy) is 1. The van der Waals surface area contributed by atoms with E-state index in [4.69, 9.17) is 4.74 Å². The van der Waals surface area contributed by atoms with Crippen molar-refractivity contribution >= 4 is 11.8 Å². The van der Waals surface area contributed by atoms with Crippen LogP contribution < -0.4 is 10.1 Å². The summed E-state index contributed by atoms with van der Waals surface area (Å²) >= 11 is 0. The molecule has 2 aromatic carbocycles. The first kappa shape index (κ1) is 22.5. The number of nitrogens with one attached hydrogen (secondary N) is 1. The highest BCUT2D eigenvalue weighted by atomic mass is 16.5. The Hall–Kier alpha value is -2.82. The van der Waals surface area contributed by atoms with E-state index in [2.05, 4.69) is 5.32 Å². The zero-order valence-corrected chi connectivity index (χ0v) is 18.3. The summed E-state index contributed by atoms with van der Waals surface area (Å²) in [6.45, 7) is 9.90. The van der Waals surface area contributed by atoms with Gasteiger partial charge in [-0.2, -0.15) is 0 Å². The number of hydrogen-bond donors (Lipinski definition) is 1. The molecule has 1 N–H and O–H groups in total. The van der Waals surface area contributed by atoms with Crippen molar-refractivity contribution in [3.8, 4) is 5.75 Å². The number of aryl methyl sites for hydroxylation is 1. The maximum Gasteiger partial charge on any atom is 0.242 e. The van der Waals surface area contributed by atoms with E-state index in [1.807, 2.05) is 76.2 Å². The fraction of sp³-hybridized carbons (Fsp3) is 0.417. The summed E-state index contributed by atoms with van der Waals surface area (Å²) in [6.07, 6.45) is 0.249. The first-order valence-corrected chi connectivity index (χ1v) is 9.89. The highest BCUT2D eigenvalue weighted by Crippen LogP contribution is 2.18. The first-order chi connectivity index (χ1) is 13.6. The Morgan fingerprint density at radius 2 is 1.72 bits per heavy atom. The topological polar surface area (TPSA) is 58.6 Å². The van der Waals surface area contributed by atoms with Crippen molar-refractivity contribution in [3.05, 3.63) is 65.2 Å². The van der Waals surface area contributed by atoms with Crippen molar-refractivity contribution in [1.29, 1.82) is 0 Å². The van der Waals surface area contributed by atoms with Gasteiger partial charge in [0.25, 0.3) is 0 Å². The van der Waals surface area contributed by atoms with Gasteiger partial charge >= 0.3 is 0 Å². The Morgan fingerprint density at radius 1 is 1.07 bits per heavy atom. The molecule has 156 valence electrons. The van der Waals surface area contributed by atoms with Gasteiger partial charge in [-0.05, 0) is 57.9 Å². The van der Waals surface area contributed by atoms with Crippen LogP contribution in [0.1, 0.15) is 44.4 Å². The molecule has 0 radical (unpaired) electrons. The summed E-state index contributed by atoms with van der Waals surface area (Å²) in [7, 11) is 1.61. The second-order valence-corrected chi connectivity index (χ2v) is 8.45. The molecule has 0 aliphatic rings. The SMILES string of the molecule is COc1cccc(CN(C(=O)Cc2cccc(C)c2)[C@@H](C)C(=O)NC(C)(C)C)c1. The second-order valence-electron chi connectivity index (χ2n) is 8.45. The predicted octanol–water partition coefficient (Wildman–Crippen LogP) is 3.88. The Kier molecular flexibility index (Phi) is 7.43. The zero-order chi connectivity index (χ0) is 21.6. The largest absolute Gasteiger partial charge is 0.497 e. The summed E-state index contributed by atoms with van der Waals surface area (Å²) in [6, 6.07) is 14.9. The van der Waals surface area contributed by atoms with Crippen molar-refractivity contribution in [2.75, 3.05) is 7.11 Å². The molecule has 1 atom stereocenters. The van der Waals surface area contributed by atoms with Crippen LogP contribution in [0.2, 0.25) is 0 Å². The maximum atomic E-state index is 13.2. The molecule has 5 heteroatoms. The third-order valence-corrected chi connectivity index (χ3v) is 4.59. The van der Waals surface area contributed by atoms with Crippen LogP contribution in [0.25, 0.3) is 0 Å². The Morgan fingerprint density at radius 3 is 2.34 bits per heavy atom. The predicted molar refractivity (Wildman–Crippen MR) is 116 cm³/mol. The molecule has 0 aliphatic heterocycles. The number of carbonyl (C=O) groups excluding carboxylic acids is 2. The van der Waals surface area contributed by atoms with Gasteiger partial charge in [0.05, 0.1) is 13.5 Å². The number of amides is 2. The van der Waals surface area contributed by atoms with Crippen LogP contribution >= 0.6 is 0 Å². The van der Waals surface area contributed by atoms with E-state index in [-0.39, 0.29) is 23.8 Å². The second kappa shape index (κ2) is 9.59. The molecule has 0 saturated heterocycles. The minimum atomic E-state index is -0.599.